The fourth-order valence-electron chi connectivity index (χ4n) is 4.00. The Bertz CT molecular complexity index is 1420. The van der Waals surface area contributed by atoms with Crippen LogP contribution in [0.4, 0.5) is 5.13 Å². The molecule has 4 rings (SSSR count). The topological polar surface area (TPSA) is 119 Å². The smallest absolute Gasteiger partial charge is 0.350 e. The number of hydrogen-bond donors (Lipinski definition) is 1. The van der Waals surface area contributed by atoms with Gasteiger partial charge in [0.05, 0.1) is 17.9 Å². The maximum Gasteiger partial charge on any atom is 0.350 e. The standard InChI is InChI=1S/C28H28N2O7S/c1-5-7-14-35-19-10-8-9-18(15-19)23(31)21-22(20-12-11-16(3)37-20)30(26(33)24(21)32)28-29-17(4)25(38-28)27(34)36-13-6-2/h6,8-12,15,22,31H,2,5,7,13-14H2,1,3-4H3. The molecule has 0 saturated carbocycles. The molecule has 198 valence electrons. The number of carbonyl (C=O) groups excluding carboxylic acids is 3. The van der Waals surface area contributed by atoms with E-state index in [4.69, 9.17) is 13.9 Å². The number of furan rings is 1. The van der Waals surface area contributed by atoms with E-state index in [-0.39, 0.29) is 33.7 Å². The lowest BCUT2D eigenvalue weighted by Crippen LogP contribution is -2.29. The van der Waals surface area contributed by atoms with E-state index in [0.717, 1.165) is 29.1 Å². The van der Waals surface area contributed by atoms with E-state index in [2.05, 4.69) is 18.5 Å². The Labute approximate surface area is 224 Å². The Hall–Kier alpha value is -4.18. The molecule has 0 bridgehead atoms. The fourth-order valence-corrected chi connectivity index (χ4v) is 4.98. The van der Waals surface area contributed by atoms with Crippen LogP contribution in [-0.4, -0.2) is 41.0 Å². The zero-order valence-electron chi connectivity index (χ0n) is 21.4. The van der Waals surface area contributed by atoms with Crippen LogP contribution in [-0.2, 0) is 14.3 Å². The first kappa shape index (κ1) is 26.9. The third-order valence-corrected chi connectivity index (χ3v) is 6.99. The second-order valence-corrected chi connectivity index (χ2v) is 9.62. The molecule has 1 aliphatic heterocycles. The molecule has 2 aromatic heterocycles. The van der Waals surface area contributed by atoms with Crippen LogP contribution in [0.5, 0.6) is 5.75 Å². The number of anilines is 1. The van der Waals surface area contributed by atoms with E-state index < -0.39 is 23.7 Å². The maximum atomic E-state index is 13.3. The van der Waals surface area contributed by atoms with Gasteiger partial charge in [0.15, 0.2) is 5.13 Å². The normalized spacial score (nSPS) is 16.6. The summed E-state index contributed by atoms with van der Waals surface area (Å²) in [6.07, 6.45) is 3.28. The first-order valence-corrected chi connectivity index (χ1v) is 12.9. The molecular weight excluding hydrogens is 508 g/mol. The summed E-state index contributed by atoms with van der Waals surface area (Å²) >= 11 is 0.917. The molecule has 1 atom stereocenters. The quantitative estimate of drug-likeness (QED) is 0.0901. The number of thiazole rings is 1. The number of Topliss-reactive ketones (excluding diaryl/α,β-unsaturated/α-hetero) is 1. The van der Waals surface area contributed by atoms with E-state index in [1.54, 1.807) is 50.2 Å². The Kier molecular flexibility index (Phi) is 8.11. The minimum absolute atomic E-state index is 0.0168. The average molecular weight is 537 g/mol. The van der Waals surface area contributed by atoms with E-state index in [1.165, 1.54) is 6.08 Å². The molecule has 1 amide bonds. The molecule has 3 heterocycles. The largest absolute Gasteiger partial charge is 0.507 e. The zero-order valence-corrected chi connectivity index (χ0v) is 22.2. The number of aliphatic hydroxyl groups is 1. The third-order valence-electron chi connectivity index (χ3n) is 5.86. The SMILES string of the molecule is C=CCOC(=O)c1sc(N2C(=O)C(=O)C(=C(O)c3cccc(OCCCC)c3)C2c2ccc(C)o2)nc1C. The third kappa shape index (κ3) is 5.26. The van der Waals surface area contributed by atoms with Crippen LogP contribution < -0.4 is 9.64 Å². The number of benzene rings is 1. The van der Waals surface area contributed by atoms with Gasteiger partial charge >= 0.3 is 11.9 Å². The number of esters is 1. The van der Waals surface area contributed by atoms with E-state index in [0.29, 0.717) is 29.4 Å². The molecular formula is C28H28N2O7S. The Balaban J connectivity index is 1.80. The summed E-state index contributed by atoms with van der Waals surface area (Å²) in [6, 6.07) is 8.92. The lowest BCUT2D eigenvalue weighted by atomic mass is 9.99. The predicted octanol–water partition coefficient (Wildman–Crippen LogP) is 5.50. The van der Waals surface area contributed by atoms with E-state index in [1.807, 2.05) is 0 Å². The van der Waals surface area contributed by atoms with Gasteiger partial charge in [0.2, 0.25) is 0 Å². The number of unbranched alkanes of at least 4 members (excludes halogenated alkanes) is 1. The van der Waals surface area contributed by atoms with Crippen molar-refractivity contribution in [3.8, 4) is 5.75 Å². The molecule has 10 heteroatoms. The number of amides is 1. The Morgan fingerprint density at radius 1 is 1.26 bits per heavy atom. The zero-order chi connectivity index (χ0) is 27.4. The molecule has 38 heavy (non-hydrogen) atoms. The molecule has 1 unspecified atom stereocenters. The van der Waals surface area contributed by atoms with E-state index in [9.17, 15) is 19.5 Å². The number of rotatable bonds is 10. The maximum absolute atomic E-state index is 13.3. The summed E-state index contributed by atoms with van der Waals surface area (Å²) < 4.78 is 16.7. The van der Waals surface area contributed by atoms with Crippen molar-refractivity contribution in [2.24, 2.45) is 0 Å². The fraction of sp³-hybridized carbons (Fsp3) is 0.286. The first-order valence-electron chi connectivity index (χ1n) is 12.1. The number of ether oxygens (including phenoxy) is 2. The number of hydrogen-bond acceptors (Lipinski definition) is 9. The number of aryl methyl sites for hydroxylation is 2. The van der Waals surface area contributed by atoms with Crippen LogP contribution in [0.3, 0.4) is 0 Å². The molecule has 1 fully saturated rings. The van der Waals surface area contributed by atoms with E-state index >= 15 is 0 Å². The van der Waals surface area contributed by atoms with Gasteiger partial charge in [0.1, 0.15) is 40.6 Å². The van der Waals surface area contributed by atoms with Crippen LogP contribution in [0.15, 0.2) is 59.0 Å². The van der Waals surface area contributed by atoms with Crippen LogP contribution in [0, 0.1) is 13.8 Å². The number of nitrogens with zero attached hydrogens (tertiary/aromatic N) is 2. The van der Waals surface area contributed by atoms with Gasteiger partial charge in [-0.05, 0) is 44.5 Å². The van der Waals surface area contributed by atoms with Crippen LogP contribution in [0.25, 0.3) is 5.76 Å². The van der Waals surface area contributed by atoms with Crippen molar-refractivity contribution in [3.63, 3.8) is 0 Å². The molecule has 9 nitrogen and oxygen atoms in total. The van der Waals surface area contributed by atoms with Gasteiger partial charge in [-0.3, -0.25) is 14.5 Å². The van der Waals surface area contributed by atoms with Gasteiger partial charge in [-0.2, -0.15) is 0 Å². The monoisotopic (exact) mass is 536 g/mol. The molecule has 1 aliphatic rings. The van der Waals surface area contributed by atoms with Crippen molar-refractivity contribution in [2.75, 3.05) is 18.1 Å². The van der Waals surface area contributed by atoms with Crippen molar-refractivity contribution in [1.82, 2.24) is 4.98 Å². The Morgan fingerprint density at radius 2 is 2.05 bits per heavy atom. The van der Waals surface area contributed by atoms with Crippen molar-refractivity contribution < 1.29 is 33.4 Å². The predicted molar refractivity (Wildman–Crippen MR) is 142 cm³/mol. The van der Waals surface area contributed by atoms with Gasteiger partial charge in [0.25, 0.3) is 5.78 Å². The van der Waals surface area contributed by atoms with Crippen molar-refractivity contribution in [1.29, 1.82) is 0 Å². The second kappa shape index (κ2) is 11.5. The number of aliphatic hydroxyl groups excluding tert-OH is 1. The number of ketones is 1. The summed E-state index contributed by atoms with van der Waals surface area (Å²) in [6.45, 7) is 9.45. The van der Waals surface area contributed by atoms with Gasteiger partial charge in [-0.1, -0.05) is 49.5 Å². The average Bonchev–Trinajstić information content (AvgIpc) is 3.58. The molecule has 3 aromatic rings. The highest BCUT2D eigenvalue weighted by atomic mass is 32.1. The lowest BCUT2D eigenvalue weighted by molar-refractivity contribution is -0.132. The molecule has 1 N–H and O–H groups in total. The Morgan fingerprint density at radius 3 is 2.74 bits per heavy atom. The minimum atomic E-state index is -1.10. The lowest BCUT2D eigenvalue weighted by Gasteiger charge is -2.20. The second-order valence-electron chi connectivity index (χ2n) is 8.65. The highest BCUT2D eigenvalue weighted by Gasteiger charge is 2.50. The molecule has 0 spiro atoms. The summed E-state index contributed by atoms with van der Waals surface area (Å²) in [4.78, 5) is 44.9. The summed E-state index contributed by atoms with van der Waals surface area (Å²) in [5, 5.41) is 11.4. The highest BCUT2D eigenvalue weighted by Crippen LogP contribution is 2.44. The van der Waals surface area contributed by atoms with Gasteiger partial charge < -0.3 is 19.0 Å². The molecule has 1 aromatic carbocycles. The van der Waals surface area contributed by atoms with Gasteiger partial charge in [0, 0.05) is 5.56 Å². The summed E-state index contributed by atoms with van der Waals surface area (Å²) in [5.74, 6) is -1.44. The van der Waals surface area contributed by atoms with Gasteiger partial charge in [-0.15, -0.1) is 0 Å². The van der Waals surface area contributed by atoms with Crippen LogP contribution in [0.2, 0.25) is 0 Å². The summed E-state index contributed by atoms with van der Waals surface area (Å²) in [5.41, 5.74) is 0.500. The van der Waals surface area contributed by atoms with Gasteiger partial charge in [-0.25, -0.2) is 9.78 Å². The van der Waals surface area contributed by atoms with Crippen LogP contribution >= 0.6 is 11.3 Å². The molecule has 0 aliphatic carbocycles. The molecule has 0 radical (unpaired) electrons. The minimum Gasteiger partial charge on any atom is -0.507 e. The summed E-state index contributed by atoms with van der Waals surface area (Å²) in [7, 11) is 0. The van der Waals surface area contributed by atoms with Crippen molar-refractivity contribution >= 4 is 39.9 Å². The highest BCUT2D eigenvalue weighted by molar-refractivity contribution is 7.17. The first-order chi connectivity index (χ1) is 18.3. The number of aromatic nitrogens is 1. The van der Waals surface area contributed by atoms with Crippen LogP contribution in [0.1, 0.15) is 58.3 Å². The number of carbonyl (C=O) groups is 3. The van der Waals surface area contributed by atoms with Crippen molar-refractivity contribution in [2.45, 2.75) is 39.7 Å². The molecule has 1 saturated heterocycles. The van der Waals surface area contributed by atoms with Crippen molar-refractivity contribution in [3.05, 3.63) is 82.3 Å².